The Hall–Kier alpha value is -2.37. The standard InChI is InChI=1S/C19H17Cl2N3O2/c1-24(12-13-7-8-15(20)16(21)11-13)18(25)10-9-17-22-19(23-26-17)14-5-3-2-4-6-14/h2-8,11H,9-10,12H2,1H3. The number of rotatable bonds is 6. The minimum absolute atomic E-state index is 0.0180. The maximum absolute atomic E-state index is 12.3. The first-order valence-electron chi connectivity index (χ1n) is 8.09. The Bertz CT molecular complexity index is 897. The van der Waals surface area contributed by atoms with Gasteiger partial charge in [0.1, 0.15) is 0 Å². The molecule has 0 aliphatic rings. The number of carbonyl (C=O) groups is 1. The van der Waals surface area contributed by atoms with Crippen LogP contribution in [0.3, 0.4) is 0 Å². The number of hydrogen-bond acceptors (Lipinski definition) is 4. The SMILES string of the molecule is CN(Cc1ccc(Cl)c(Cl)c1)C(=O)CCc1nc(-c2ccccc2)no1. The van der Waals surface area contributed by atoms with Crippen LogP contribution < -0.4 is 0 Å². The molecule has 5 nitrogen and oxygen atoms in total. The topological polar surface area (TPSA) is 59.2 Å². The van der Waals surface area contributed by atoms with Crippen molar-refractivity contribution < 1.29 is 9.32 Å². The minimum atomic E-state index is -0.0180. The number of aryl methyl sites for hydroxylation is 1. The summed E-state index contributed by atoms with van der Waals surface area (Å²) < 4.78 is 5.23. The molecule has 134 valence electrons. The fourth-order valence-electron chi connectivity index (χ4n) is 2.47. The number of aromatic nitrogens is 2. The molecular formula is C19H17Cl2N3O2. The van der Waals surface area contributed by atoms with Crippen LogP contribution in [0.25, 0.3) is 11.4 Å². The molecule has 1 heterocycles. The van der Waals surface area contributed by atoms with Crippen LogP contribution in [0.15, 0.2) is 53.1 Å². The van der Waals surface area contributed by atoms with Gasteiger partial charge in [0.15, 0.2) is 0 Å². The summed E-state index contributed by atoms with van der Waals surface area (Å²) >= 11 is 11.9. The van der Waals surface area contributed by atoms with Crippen molar-refractivity contribution in [3.63, 3.8) is 0 Å². The second kappa shape index (κ2) is 8.34. The van der Waals surface area contributed by atoms with E-state index in [4.69, 9.17) is 27.7 Å². The molecule has 0 N–H and O–H groups in total. The number of amides is 1. The lowest BCUT2D eigenvalue weighted by atomic mass is 10.2. The van der Waals surface area contributed by atoms with Crippen LogP contribution in [-0.2, 0) is 17.8 Å². The summed E-state index contributed by atoms with van der Waals surface area (Å²) in [5, 5.41) is 4.93. The zero-order valence-electron chi connectivity index (χ0n) is 14.2. The van der Waals surface area contributed by atoms with Crippen molar-refractivity contribution in [3.05, 3.63) is 70.0 Å². The molecule has 26 heavy (non-hydrogen) atoms. The molecule has 0 saturated carbocycles. The predicted octanol–water partition coefficient (Wildman–Crippen LogP) is 4.63. The third kappa shape index (κ3) is 4.62. The maximum Gasteiger partial charge on any atom is 0.227 e. The lowest BCUT2D eigenvalue weighted by Gasteiger charge is -2.17. The highest BCUT2D eigenvalue weighted by Gasteiger charge is 2.14. The van der Waals surface area contributed by atoms with Crippen LogP contribution in [0.5, 0.6) is 0 Å². The third-order valence-electron chi connectivity index (χ3n) is 3.88. The summed E-state index contributed by atoms with van der Waals surface area (Å²) in [7, 11) is 1.74. The molecule has 3 aromatic rings. The Morgan fingerprint density at radius 2 is 1.88 bits per heavy atom. The largest absolute Gasteiger partial charge is 0.341 e. The van der Waals surface area contributed by atoms with Gasteiger partial charge in [0.25, 0.3) is 0 Å². The van der Waals surface area contributed by atoms with Crippen molar-refractivity contribution in [1.29, 1.82) is 0 Å². The molecule has 0 fully saturated rings. The van der Waals surface area contributed by atoms with Gasteiger partial charge in [-0.3, -0.25) is 4.79 Å². The predicted molar refractivity (Wildman–Crippen MR) is 101 cm³/mol. The van der Waals surface area contributed by atoms with Gasteiger partial charge in [-0.2, -0.15) is 4.98 Å². The van der Waals surface area contributed by atoms with E-state index >= 15 is 0 Å². The first-order valence-corrected chi connectivity index (χ1v) is 8.84. The molecule has 3 rings (SSSR count). The Morgan fingerprint density at radius 1 is 1.12 bits per heavy atom. The Labute approximate surface area is 161 Å². The fraction of sp³-hybridized carbons (Fsp3) is 0.211. The zero-order chi connectivity index (χ0) is 18.5. The van der Waals surface area contributed by atoms with Gasteiger partial charge in [-0.25, -0.2) is 0 Å². The third-order valence-corrected chi connectivity index (χ3v) is 4.62. The van der Waals surface area contributed by atoms with E-state index in [1.54, 1.807) is 24.1 Å². The molecule has 0 atom stereocenters. The first-order chi connectivity index (χ1) is 12.5. The lowest BCUT2D eigenvalue weighted by molar-refractivity contribution is -0.130. The van der Waals surface area contributed by atoms with Crippen molar-refractivity contribution in [2.24, 2.45) is 0 Å². The molecule has 0 saturated heterocycles. The Balaban J connectivity index is 1.55. The second-order valence-corrected chi connectivity index (χ2v) is 6.69. The molecule has 0 aliphatic heterocycles. The second-order valence-electron chi connectivity index (χ2n) is 5.88. The van der Waals surface area contributed by atoms with Crippen molar-refractivity contribution >= 4 is 29.1 Å². The van der Waals surface area contributed by atoms with E-state index < -0.39 is 0 Å². The molecule has 1 aromatic heterocycles. The molecule has 0 aliphatic carbocycles. The monoisotopic (exact) mass is 389 g/mol. The van der Waals surface area contributed by atoms with Gasteiger partial charge in [0.2, 0.25) is 17.6 Å². The molecular weight excluding hydrogens is 373 g/mol. The van der Waals surface area contributed by atoms with Gasteiger partial charge in [0, 0.05) is 32.0 Å². The normalized spacial score (nSPS) is 10.7. The first kappa shape index (κ1) is 18.4. The highest BCUT2D eigenvalue weighted by Crippen LogP contribution is 2.23. The van der Waals surface area contributed by atoms with E-state index in [1.807, 2.05) is 36.4 Å². The van der Waals surface area contributed by atoms with Gasteiger partial charge in [-0.15, -0.1) is 0 Å². The van der Waals surface area contributed by atoms with Gasteiger partial charge in [0.05, 0.1) is 10.0 Å². The molecule has 0 radical (unpaired) electrons. The number of benzene rings is 2. The van der Waals surface area contributed by atoms with Crippen molar-refractivity contribution in [2.45, 2.75) is 19.4 Å². The zero-order valence-corrected chi connectivity index (χ0v) is 15.7. The lowest BCUT2D eigenvalue weighted by Crippen LogP contribution is -2.26. The van der Waals surface area contributed by atoms with Crippen LogP contribution in [0, 0.1) is 0 Å². The summed E-state index contributed by atoms with van der Waals surface area (Å²) in [6.45, 7) is 0.453. The van der Waals surface area contributed by atoms with Gasteiger partial charge in [-0.05, 0) is 17.7 Å². The average molecular weight is 390 g/mol. The highest BCUT2D eigenvalue weighted by atomic mass is 35.5. The molecule has 0 spiro atoms. The van der Waals surface area contributed by atoms with E-state index in [0.717, 1.165) is 11.1 Å². The highest BCUT2D eigenvalue weighted by molar-refractivity contribution is 6.42. The minimum Gasteiger partial charge on any atom is -0.341 e. The average Bonchev–Trinajstić information content (AvgIpc) is 3.12. The van der Waals surface area contributed by atoms with E-state index in [2.05, 4.69) is 10.1 Å². The summed E-state index contributed by atoms with van der Waals surface area (Å²) in [6, 6.07) is 14.9. The molecule has 0 unspecified atom stereocenters. The van der Waals surface area contributed by atoms with Crippen LogP contribution >= 0.6 is 23.2 Å². The number of carbonyl (C=O) groups excluding carboxylic acids is 1. The van der Waals surface area contributed by atoms with E-state index in [0.29, 0.717) is 34.7 Å². The van der Waals surface area contributed by atoms with Gasteiger partial charge in [-0.1, -0.05) is 64.8 Å². The van der Waals surface area contributed by atoms with Gasteiger partial charge < -0.3 is 9.42 Å². The fourth-order valence-corrected chi connectivity index (χ4v) is 2.79. The van der Waals surface area contributed by atoms with E-state index in [1.165, 1.54) is 0 Å². The molecule has 7 heteroatoms. The summed E-state index contributed by atoms with van der Waals surface area (Å²) in [5.41, 5.74) is 1.80. The number of nitrogens with zero attached hydrogens (tertiary/aromatic N) is 3. The van der Waals surface area contributed by atoms with Crippen molar-refractivity contribution in [3.8, 4) is 11.4 Å². The van der Waals surface area contributed by atoms with Crippen LogP contribution in [-0.4, -0.2) is 28.0 Å². The number of hydrogen-bond donors (Lipinski definition) is 0. The van der Waals surface area contributed by atoms with E-state index in [-0.39, 0.29) is 12.3 Å². The van der Waals surface area contributed by atoms with Crippen LogP contribution in [0.2, 0.25) is 10.0 Å². The van der Waals surface area contributed by atoms with Crippen LogP contribution in [0.1, 0.15) is 17.9 Å². The maximum atomic E-state index is 12.3. The quantitative estimate of drug-likeness (QED) is 0.616. The summed E-state index contributed by atoms with van der Waals surface area (Å²) in [5.74, 6) is 0.952. The molecule has 2 aromatic carbocycles. The Morgan fingerprint density at radius 3 is 2.62 bits per heavy atom. The van der Waals surface area contributed by atoms with Crippen LogP contribution in [0.4, 0.5) is 0 Å². The van der Waals surface area contributed by atoms with E-state index in [9.17, 15) is 4.79 Å². The summed E-state index contributed by atoms with van der Waals surface area (Å²) in [6.07, 6.45) is 0.679. The summed E-state index contributed by atoms with van der Waals surface area (Å²) in [4.78, 5) is 18.3. The smallest absolute Gasteiger partial charge is 0.227 e. The molecule has 0 bridgehead atoms. The van der Waals surface area contributed by atoms with Crippen molar-refractivity contribution in [1.82, 2.24) is 15.0 Å². The van der Waals surface area contributed by atoms with Crippen molar-refractivity contribution in [2.75, 3.05) is 7.05 Å². The van der Waals surface area contributed by atoms with Gasteiger partial charge >= 0.3 is 0 Å². The number of halogens is 2. The Kier molecular flexibility index (Phi) is 5.91. The molecule has 1 amide bonds.